The van der Waals surface area contributed by atoms with Crippen LogP contribution >= 0.6 is 0 Å². The van der Waals surface area contributed by atoms with Crippen LogP contribution in [0.25, 0.3) is 0 Å². The lowest BCUT2D eigenvalue weighted by molar-refractivity contribution is 0.131. The molecule has 2 atom stereocenters. The summed E-state index contributed by atoms with van der Waals surface area (Å²) in [4.78, 5) is 0. The van der Waals surface area contributed by atoms with Crippen LogP contribution in [0.3, 0.4) is 0 Å². The first-order valence-corrected chi connectivity index (χ1v) is 5.48. The molecule has 80 valence electrons. The molecule has 0 saturated heterocycles. The van der Waals surface area contributed by atoms with Gasteiger partial charge in [-0.05, 0) is 18.4 Å². The molecule has 0 saturated carbocycles. The second kappa shape index (κ2) is 5.10. The molecule has 1 aliphatic rings. The average molecular weight is 203 g/mol. The van der Waals surface area contributed by atoms with Crippen molar-refractivity contribution in [1.82, 2.24) is 5.32 Å². The van der Waals surface area contributed by atoms with Crippen LogP contribution in [0.15, 0.2) is 42.5 Å². The number of hydrogen-bond donors (Lipinski definition) is 2. The highest BCUT2D eigenvalue weighted by molar-refractivity contribution is 5.15. The molecule has 0 aliphatic heterocycles. The molecule has 15 heavy (non-hydrogen) atoms. The average Bonchev–Trinajstić information content (AvgIpc) is 2.29. The minimum absolute atomic E-state index is 0.110. The number of allylic oxidation sites excluding steroid dienone is 1. The molecule has 2 heteroatoms. The van der Waals surface area contributed by atoms with E-state index in [1.54, 1.807) is 0 Å². The summed E-state index contributed by atoms with van der Waals surface area (Å²) in [5.41, 5.74) is 1.25. The Kier molecular flexibility index (Phi) is 3.54. The molecular formula is C13H17NO. The van der Waals surface area contributed by atoms with Gasteiger partial charge >= 0.3 is 0 Å². The Bertz CT molecular complexity index is 321. The van der Waals surface area contributed by atoms with Crippen molar-refractivity contribution in [1.29, 1.82) is 0 Å². The highest BCUT2D eigenvalue weighted by atomic mass is 16.3. The minimum Gasteiger partial charge on any atom is -0.391 e. The fraction of sp³-hybridized carbons (Fsp3) is 0.385. The van der Waals surface area contributed by atoms with E-state index in [4.69, 9.17) is 0 Å². The Morgan fingerprint density at radius 3 is 2.80 bits per heavy atom. The van der Waals surface area contributed by atoms with Crippen molar-refractivity contribution in [3.8, 4) is 0 Å². The van der Waals surface area contributed by atoms with E-state index in [2.05, 4.69) is 29.6 Å². The maximum Gasteiger partial charge on any atom is 0.0732 e. The summed E-state index contributed by atoms with van der Waals surface area (Å²) < 4.78 is 0. The lowest BCUT2D eigenvalue weighted by atomic mass is 9.99. The monoisotopic (exact) mass is 203 g/mol. The van der Waals surface area contributed by atoms with Crippen LogP contribution in [-0.4, -0.2) is 17.3 Å². The van der Waals surface area contributed by atoms with Crippen molar-refractivity contribution in [2.45, 2.75) is 31.5 Å². The van der Waals surface area contributed by atoms with Crippen LogP contribution in [-0.2, 0) is 6.54 Å². The van der Waals surface area contributed by atoms with E-state index in [0.717, 1.165) is 19.4 Å². The van der Waals surface area contributed by atoms with Crippen molar-refractivity contribution in [2.75, 3.05) is 0 Å². The fourth-order valence-electron chi connectivity index (χ4n) is 1.85. The summed E-state index contributed by atoms with van der Waals surface area (Å²) in [6.45, 7) is 0.812. The van der Waals surface area contributed by atoms with Crippen molar-refractivity contribution < 1.29 is 5.11 Å². The van der Waals surface area contributed by atoms with Gasteiger partial charge in [-0.25, -0.2) is 0 Å². The van der Waals surface area contributed by atoms with Crippen molar-refractivity contribution in [3.05, 3.63) is 48.0 Å². The molecule has 2 nitrogen and oxygen atoms in total. The van der Waals surface area contributed by atoms with Gasteiger partial charge in [-0.1, -0.05) is 42.5 Å². The quantitative estimate of drug-likeness (QED) is 0.735. The number of nitrogens with one attached hydrogen (secondary N) is 1. The van der Waals surface area contributed by atoms with Crippen LogP contribution < -0.4 is 5.32 Å². The number of hydrogen-bond acceptors (Lipinski definition) is 2. The van der Waals surface area contributed by atoms with Gasteiger partial charge in [-0.15, -0.1) is 0 Å². The van der Waals surface area contributed by atoms with Gasteiger partial charge in [0, 0.05) is 6.54 Å². The van der Waals surface area contributed by atoms with Crippen LogP contribution in [0.5, 0.6) is 0 Å². The Morgan fingerprint density at radius 1 is 1.27 bits per heavy atom. The van der Waals surface area contributed by atoms with E-state index in [9.17, 15) is 5.11 Å². The SMILES string of the molecule is O[C@H]1CCC=C[C@@H]1NCc1ccccc1. The third-order valence-corrected chi connectivity index (χ3v) is 2.77. The summed E-state index contributed by atoms with van der Waals surface area (Å²) in [7, 11) is 0. The number of benzene rings is 1. The summed E-state index contributed by atoms with van der Waals surface area (Å²) >= 11 is 0. The van der Waals surface area contributed by atoms with Gasteiger partial charge in [0.1, 0.15) is 0 Å². The van der Waals surface area contributed by atoms with Gasteiger partial charge in [-0.3, -0.25) is 0 Å². The smallest absolute Gasteiger partial charge is 0.0732 e. The van der Waals surface area contributed by atoms with Gasteiger partial charge in [0.15, 0.2) is 0 Å². The zero-order chi connectivity index (χ0) is 10.5. The number of aliphatic hydroxyl groups excluding tert-OH is 1. The molecule has 0 radical (unpaired) electrons. The molecule has 1 aromatic rings. The third-order valence-electron chi connectivity index (χ3n) is 2.77. The lowest BCUT2D eigenvalue weighted by Crippen LogP contribution is -2.39. The predicted molar refractivity (Wildman–Crippen MR) is 61.5 cm³/mol. The molecule has 1 aliphatic carbocycles. The second-order valence-electron chi connectivity index (χ2n) is 3.97. The van der Waals surface area contributed by atoms with E-state index < -0.39 is 0 Å². The molecule has 2 N–H and O–H groups in total. The molecule has 0 unspecified atom stereocenters. The maximum absolute atomic E-state index is 9.73. The Morgan fingerprint density at radius 2 is 2.07 bits per heavy atom. The molecular weight excluding hydrogens is 186 g/mol. The zero-order valence-electron chi connectivity index (χ0n) is 8.76. The predicted octanol–water partition coefficient (Wildman–Crippen LogP) is 1.86. The van der Waals surface area contributed by atoms with Gasteiger partial charge < -0.3 is 10.4 Å². The van der Waals surface area contributed by atoms with Gasteiger partial charge in [0.2, 0.25) is 0 Å². The van der Waals surface area contributed by atoms with Crippen LogP contribution in [0.1, 0.15) is 18.4 Å². The van der Waals surface area contributed by atoms with Gasteiger partial charge in [-0.2, -0.15) is 0 Å². The highest BCUT2D eigenvalue weighted by Crippen LogP contribution is 2.12. The third kappa shape index (κ3) is 2.91. The molecule has 0 amide bonds. The molecule has 0 heterocycles. The van der Waals surface area contributed by atoms with Gasteiger partial charge in [0.05, 0.1) is 12.1 Å². The van der Waals surface area contributed by atoms with Crippen molar-refractivity contribution in [3.63, 3.8) is 0 Å². The van der Waals surface area contributed by atoms with E-state index in [0.29, 0.717) is 0 Å². The first kappa shape index (κ1) is 10.4. The van der Waals surface area contributed by atoms with Crippen LogP contribution in [0, 0.1) is 0 Å². The summed E-state index contributed by atoms with van der Waals surface area (Å²) in [5.74, 6) is 0. The van der Waals surface area contributed by atoms with E-state index in [1.807, 2.05) is 18.2 Å². The maximum atomic E-state index is 9.73. The number of aliphatic hydroxyl groups is 1. The fourth-order valence-corrected chi connectivity index (χ4v) is 1.85. The van der Waals surface area contributed by atoms with Crippen molar-refractivity contribution >= 4 is 0 Å². The van der Waals surface area contributed by atoms with E-state index in [1.165, 1.54) is 5.56 Å². The standard InChI is InChI=1S/C13H17NO/c15-13-9-5-4-8-12(13)14-10-11-6-2-1-3-7-11/h1-4,6-8,12-15H,5,9-10H2/t12-,13-/m0/s1. The largest absolute Gasteiger partial charge is 0.391 e. The number of rotatable bonds is 3. The first-order valence-electron chi connectivity index (χ1n) is 5.48. The molecule has 0 spiro atoms. The topological polar surface area (TPSA) is 32.3 Å². The Hall–Kier alpha value is -1.12. The minimum atomic E-state index is -0.237. The van der Waals surface area contributed by atoms with Crippen LogP contribution in [0.2, 0.25) is 0 Å². The Balaban J connectivity index is 1.87. The van der Waals surface area contributed by atoms with E-state index in [-0.39, 0.29) is 12.1 Å². The van der Waals surface area contributed by atoms with E-state index >= 15 is 0 Å². The van der Waals surface area contributed by atoms with Gasteiger partial charge in [0.25, 0.3) is 0 Å². The molecule has 1 aromatic carbocycles. The highest BCUT2D eigenvalue weighted by Gasteiger charge is 2.17. The normalized spacial score (nSPS) is 25.4. The van der Waals surface area contributed by atoms with Crippen LogP contribution in [0.4, 0.5) is 0 Å². The molecule has 0 bridgehead atoms. The second-order valence-corrected chi connectivity index (χ2v) is 3.97. The summed E-state index contributed by atoms with van der Waals surface area (Å²) in [6, 6.07) is 10.4. The lowest BCUT2D eigenvalue weighted by Gasteiger charge is -2.24. The summed E-state index contributed by atoms with van der Waals surface area (Å²) in [5, 5.41) is 13.1. The summed E-state index contributed by atoms with van der Waals surface area (Å²) in [6.07, 6.45) is 5.82. The Labute approximate surface area is 90.6 Å². The van der Waals surface area contributed by atoms with Crippen molar-refractivity contribution in [2.24, 2.45) is 0 Å². The molecule has 0 fully saturated rings. The first-order chi connectivity index (χ1) is 7.36. The zero-order valence-corrected chi connectivity index (χ0v) is 8.76. The molecule has 2 rings (SSSR count). The molecule has 0 aromatic heterocycles.